The molecule has 4 heteroatoms. The highest BCUT2D eigenvalue weighted by molar-refractivity contribution is 5.77. The highest BCUT2D eigenvalue weighted by Gasteiger charge is 2.49. The molecule has 0 radical (unpaired) electrons. The fraction of sp³-hybridized carbons (Fsp3) is 0.652. The van der Waals surface area contributed by atoms with Gasteiger partial charge in [-0.3, -0.25) is 9.59 Å². The van der Waals surface area contributed by atoms with Gasteiger partial charge in [0.1, 0.15) is 5.60 Å². The lowest BCUT2D eigenvalue weighted by Gasteiger charge is -2.12. The van der Waals surface area contributed by atoms with Crippen LogP contribution in [-0.4, -0.2) is 23.1 Å². The molecule has 2 aliphatic rings. The van der Waals surface area contributed by atoms with Crippen LogP contribution in [-0.2, 0) is 27.2 Å². The lowest BCUT2D eigenvalue weighted by atomic mass is 9.97. The molecule has 0 amide bonds. The fourth-order valence-corrected chi connectivity index (χ4v) is 4.01. The number of carboxylic acids is 1. The summed E-state index contributed by atoms with van der Waals surface area (Å²) in [6.07, 6.45) is 13.3. The van der Waals surface area contributed by atoms with Gasteiger partial charge in [0, 0.05) is 0 Å². The third-order valence-corrected chi connectivity index (χ3v) is 6.40. The van der Waals surface area contributed by atoms with E-state index in [1.807, 2.05) is 0 Å². The summed E-state index contributed by atoms with van der Waals surface area (Å²) in [5.74, 6) is -0.596. The predicted octanol–water partition coefficient (Wildman–Crippen LogP) is 5.07. The smallest absolute Gasteiger partial charge is 0.309 e. The molecule has 0 atom stereocenters. The minimum absolute atomic E-state index is 0.116. The van der Waals surface area contributed by atoms with E-state index in [9.17, 15) is 14.7 Å². The van der Waals surface area contributed by atoms with E-state index in [1.165, 1.54) is 11.1 Å². The second-order valence-electron chi connectivity index (χ2n) is 8.57. The topological polar surface area (TPSA) is 63.6 Å². The van der Waals surface area contributed by atoms with Gasteiger partial charge in [-0.05, 0) is 81.8 Å². The molecule has 0 aromatic heterocycles. The van der Waals surface area contributed by atoms with E-state index in [2.05, 4.69) is 24.3 Å². The van der Waals surface area contributed by atoms with Gasteiger partial charge in [-0.2, -0.15) is 0 Å². The maximum Gasteiger partial charge on any atom is 0.309 e. The molecule has 2 saturated carbocycles. The van der Waals surface area contributed by atoms with Crippen molar-refractivity contribution >= 4 is 12.4 Å². The normalized spacial score (nSPS) is 18.7. The van der Waals surface area contributed by atoms with E-state index >= 15 is 0 Å². The van der Waals surface area contributed by atoms with E-state index < -0.39 is 5.97 Å². The largest absolute Gasteiger partial charge is 0.481 e. The van der Waals surface area contributed by atoms with Crippen LogP contribution in [0.5, 0.6) is 0 Å². The Kier molecular flexibility index (Phi) is 6.56. The Morgan fingerprint density at radius 3 is 1.93 bits per heavy atom. The minimum Gasteiger partial charge on any atom is -0.481 e. The molecule has 2 aliphatic carbocycles. The number of carbonyl (C=O) groups excluding carboxylic acids is 1. The number of carbonyl (C=O) groups is 2. The SMILES string of the molecule is O=COC1(CCCCc2ccc(CCCCCC3(C(=O)O)CC3)cc2)CC1. The Morgan fingerprint density at radius 2 is 1.44 bits per heavy atom. The third-order valence-electron chi connectivity index (χ3n) is 6.40. The second kappa shape index (κ2) is 8.90. The maximum absolute atomic E-state index is 11.2. The zero-order valence-electron chi connectivity index (χ0n) is 16.3. The minimum atomic E-state index is -0.596. The van der Waals surface area contributed by atoms with Crippen molar-refractivity contribution in [1.29, 1.82) is 0 Å². The van der Waals surface area contributed by atoms with Crippen molar-refractivity contribution < 1.29 is 19.4 Å². The van der Waals surface area contributed by atoms with Crippen LogP contribution in [0.15, 0.2) is 24.3 Å². The Hall–Kier alpha value is -1.84. The Bertz CT molecular complexity index is 626. The van der Waals surface area contributed by atoms with Crippen LogP contribution in [0.4, 0.5) is 0 Å². The number of aryl methyl sites for hydroxylation is 2. The number of benzene rings is 1. The van der Waals surface area contributed by atoms with Gasteiger partial charge in [0.05, 0.1) is 5.41 Å². The van der Waals surface area contributed by atoms with Gasteiger partial charge in [0.25, 0.3) is 6.47 Å². The molecule has 27 heavy (non-hydrogen) atoms. The molecular weight excluding hydrogens is 340 g/mol. The van der Waals surface area contributed by atoms with Crippen LogP contribution in [0.25, 0.3) is 0 Å². The van der Waals surface area contributed by atoms with Crippen LogP contribution >= 0.6 is 0 Å². The third kappa shape index (κ3) is 5.82. The van der Waals surface area contributed by atoms with Gasteiger partial charge in [0.15, 0.2) is 0 Å². The molecule has 0 saturated heterocycles. The molecule has 0 unspecified atom stereocenters. The first kappa shape index (κ1) is 19.9. The Balaban J connectivity index is 1.26. The lowest BCUT2D eigenvalue weighted by Crippen LogP contribution is -2.14. The van der Waals surface area contributed by atoms with Gasteiger partial charge in [-0.15, -0.1) is 0 Å². The second-order valence-corrected chi connectivity index (χ2v) is 8.57. The number of unbranched alkanes of at least 4 members (excludes halogenated alkanes) is 3. The average molecular weight is 373 g/mol. The van der Waals surface area contributed by atoms with Crippen LogP contribution in [0.3, 0.4) is 0 Å². The van der Waals surface area contributed by atoms with Crippen molar-refractivity contribution in [3.8, 4) is 0 Å². The van der Waals surface area contributed by atoms with Crippen molar-refractivity contribution in [2.45, 2.75) is 89.1 Å². The number of aliphatic carboxylic acids is 1. The van der Waals surface area contributed by atoms with Crippen LogP contribution in [0.1, 0.15) is 81.8 Å². The molecule has 1 aromatic rings. The summed E-state index contributed by atoms with van der Waals surface area (Å²) in [6.45, 7) is 0.599. The first-order valence-electron chi connectivity index (χ1n) is 10.5. The number of hydrogen-bond acceptors (Lipinski definition) is 3. The van der Waals surface area contributed by atoms with Gasteiger partial charge in [0.2, 0.25) is 0 Å². The number of rotatable bonds is 14. The highest BCUT2D eigenvalue weighted by atomic mass is 16.5. The molecular formula is C23H32O4. The number of ether oxygens (including phenoxy) is 1. The molecule has 0 aliphatic heterocycles. The number of hydrogen-bond donors (Lipinski definition) is 1. The van der Waals surface area contributed by atoms with Crippen molar-refractivity contribution in [2.75, 3.05) is 0 Å². The molecule has 0 heterocycles. The summed E-state index contributed by atoms with van der Waals surface area (Å²) >= 11 is 0. The molecule has 4 nitrogen and oxygen atoms in total. The molecule has 1 aromatic carbocycles. The van der Waals surface area contributed by atoms with Gasteiger partial charge in [-0.25, -0.2) is 0 Å². The number of carboxylic acid groups (broad SMARTS) is 1. The van der Waals surface area contributed by atoms with E-state index in [4.69, 9.17) is 4.74 Å². The van der Waals surface area contributed by atoms with E-state index in [1.54, 1.807) is 0 Å². The van der Waals surface area contributed by atoms with E-state index in [-0.39, 0.29) is 11.0 Å². The maximum atomic E-state index is 11.2. The van der Waals surface area contributed by atoms with Crippen LogP contribution in [0.2, 0.25) is 0 Å². The van der Waals surface area contributed by atoms with Crippen molar-refractivity contribution in [3.63, 3.8) is 0 Å². The summed E-state index contributed by atoms with van der Waals surface area (Å²) in [4.78, 5) is 21.6. The van der Waals surface area contributed by atoms with Gasteiger partial charge < -0.3 is 9.84 Å². The van der Waals surface area contributed by atoms with E-state index in [0.717, 1.165) is 83.5 Å². The van der Waals surface area contributed by atoms with Gasteiger partial charge >= 0.3 is 5.97 Å². The summed E-state index contributed by atoms with van der Waals surface area (Å²) < 4.78 is 5.19. The van der Waals surface area contributed by atoms with Crippen LogP contribution in [0, 0.1) is 5.41 Å². The van der Waals surface area contributed by atoms with E-state index in [0.29, 0.717) is 6.47 Å². The average Bonchev–Trinajstić information content (AvgIpc) is 3.57. The van der Waals surface area contributed by atoms with Crippen molar-refractivity contribution in [2.24, 2.45) is 5.41 Å². The molecule has 1 N–H and O–H groups in total. The van der Waals surface area contributed by atoms with Crippen molar-refractivity contribution in [1.82, 2.24) is 0 Å². The van der Waals surface area contributed by atoms with Crippen LogP contribution < -0.4 is 0 Å². The zero-order chi connectivity index (χ0) is 19.2. The summed E-state index contributed by atoms with van der Waals surface area (Å²) in [5.41, 5.74) is 2.27. The quantitative estimate of drug-likeness (QED) is 0.366. The molecule has 0 bridgehead atoms. The molecule has 0 spiro atoms. The van der Waals surface area contributed by atoms with Gasteiger partial charge in [-0.1, -0.05) is 37.1 Å². The standard InChI is InChI=1S/C23H32O4/c24-18-27-23(16-17-23)13-5-3-7-20-10-8-19(9-11-20)6-2-1-4-12-22(14-15-22)21(25)26/h8-11,18H,1-7,12-17H2,(H,25,26). The molecule has 3 rings (SSSR count). The first-order chi connectivity index (χ1) is 13.1. The predicted molar refractivity (Wildman–Crippen MR) is 105 cm³/mol. The lowest BCUT2D eigenvalue weighted by molar-refractivity contribution is -0.143. The Labute approximate surface area is 162 Å². The fourth-order valence-electron chi connectivity index (χ4n) is 4.01. The first-order valence-corrected chi connectivity index (χ1v) is 10.5. The zero-order valence-corrected chi connectivity index (χ0v) is 16.3. The molecule has 2 fully saturated rings. The highest BCUT2D eigenvalue weighted by Crippen LogP contribution is 2.50. The van der Waals surface area contributed by atoms with Crippen molar-refractivity contribution in [3.05, 3.63) is 35.4 Å². The molecule has 148 valence electrons. The summed E-state index contributed by atoms with van der Waals surface area (Å²) in [7, 11) is 0. The summed E-state index contributed by atoms with van der Waals surface area (Å²) in [5, 5.41) is 9.19. The summed E-state index contributed by atoms with van der Waals surface area (Å²) in [6, 6.07) is 8.92. The Morgan fingerprint density at radius 1 is 0.889 bits per heavy atom. The monoisotopic (exact) mass is 372 g/mol.